The fraction of sp³-hybridized carbons (Fsp3) is 0.250. The summed E-state index contributed by atoms with van der Waals surface area (Å²) in [6, 6.07) is 19.0. The molecule has 0 saturated carbocycles. The molecule has 0 atom stereocenters. The van der Waals surface area contributed by atoms with Crippen LogP contribution in [0.15, 0.2) is 54.6 Å². The molecule has 0 radical (unpaired) electrons. The van der Waals surface area contributed by atoms with Crippen LogP contribution in [0, 0.1) is 0 Å². The van der Waals surface area contributed by atoms with Gasteiger partial charge >= 0.3 is 0 Å². The number of nitrogens with two attached hydrogens (primary N) is 1. The average Bonchev–Trinajstić information content (AvgIpc) is 2.46. The molecule has 0 saturated heterocycles. The highest BCUT2D eigenvalue weighted by atomic mass is 15.1. The molecule has 0 aliphatic carbocycles. The van der Waals surface area contributed by atoms with Crippen LogP contribution >= 0.6 is 0 Å². The van der Waals surface area contributed by atoms with E-state index >= 15 is 0 Å². The van der Waals surface area contributed by atoms with E-state index in [0.29, 0.717) is 6.54 Å². The highest BCUT2D eigenvalue weighted by Gasteiger charge is 2.05. The molecule has 0 aromatic heterocycles. The minimum Gasteiger partial charge on any atom is -0.367 e. The highest BCUT2D eigenvalue weighted by molar-refractivity contribution is 5.49. The molecule has 2 nitrogen and oxygen atoms in total. The number of rotatable bonds is 5. The van der Waals surface area contributed by atoms with Gasteiger partial charge in [0, 0.05) is 25.3 Å². The summed E-state index contributed by atoms with van der Waals surface area (Å²) in [4.78, 5) is 2.36. The zero-order chi connectivity index (χ0) is 12.8. The number of benzene rings is 2. The summed E-state index contributed by atoms with van der Waals surface area (Å²) >= 11 is 0. The maximum atomic E-state index is 5.69. The standard InChI is InChI=1S/C16H20N2/c1-2-18(13-14-7-4-3-5-8-14)16-10-6-9-15(11-16)12-17/h3-11H,2,12-13,17H2,1H3. The van der Waals surface area contributed by atoms with Crippen LogP contribution in [0.4, 0.5) is 5.69 Å². The van der Waals surface area contributed by atoms with E-state index in [2.05, 4.69) is 66.4 Å². The van der Waals surface area contributed by atoms with Gasteiger partial charge in [-0.25, -0.2) is 0 Å². The van der Waals surface area contributed by atoms with E-state index in [1.807, 2.05) is 0 Å². The zero-order valence-electron chi connectivity index (χ0n) is 10.8. The molecule has 2 heteroatoms. The molecule has 0 fully saturated rings. The van der Waals surface area contributed by atoms with E-state index in [4.69, 9.17) is 5.73 Å². The second-order valence-corrected chi connectivity index (χ2v) is 4.37. The minimum absolute atomic E-state index is 0.594. The predicted molar refractivity (Wildman–Crippen MR) is 77.5 cm³/mol. The average molecular weight is 240 g/mol. The third kappa shape index (κ3) is 3.11. The lowest BCUT2D eigenvalue weighted by atomic mass is 10.1. The van der Waals surface area contributed by atoms with E-state index in [1.54, 1.807) is 0 Å². The summed E-state index contributed by atoms with van der Waals surface area (Å²) in [5, 5.41) is 0. The summed E-state index contributed by atoms with van der Waals surface area (Å²) in [5.41, 5.74) is 9.45. The van der Waals surface area contributed by atoms with Gasteiger partial charge in [0.2, 0.25) is 0 Å². The summed E-state index contributed by atoms with van der Waals surface area (Å²) < 4.78 is 0. The first-order valence-corrected chi connectivity index (χ1v) is 6.41. The molecule has 2 rings (SSSR count). The fourth-order valence-electron chi connectivity index (χ4n) is 2.07. The van der Waals surface area contributed by atoms with E-state index < -0.39 is 0 Å². The van der Waals surface area contributed by atoms with Gasteiger partial charge in [-0.15, -0.1) is 0 Å². The first-order valence-electron chi connectivity index (χ1n) is 6.41. The van der Waals surface area contributed by atoms with Crippen molar-refractivity contribution in [3.8, 4) is 0 Å². The third-order valence-corrected chi connectivity index (χ3v) is 3.11. The minimum atomic E-state index is 0.594. The third-order valence-electron chi connectivity index (χ3n) is 3.11. The van der Waals surface area contributed by atoms with Crippen LogP contribution in [0.25, 0.3) is 0 Å². The monoisotopic (exact) mass is 240 g/mol. The van der Waals surface area contributed by atoms with Crippen molar-refractivity contribution in [1.82, 2.24) is 0 Å². The Morgan fingerprint density at radius 2 is 1.67 bits per heavy atom. The van der Waals surface area contributed by atoms with Gasteiger partial charge in [-0.1, -0.05) is 42.5 Å². The Morgan fingerprint density at radius 3 is 2.33 bits per heavy atom. The Balaban J connectivity index is 2.17. The lowest BCUT2D eigenvalue weighted by Gasteiger charge is -2.23. The van der Waals surface area contributed by atoms with Gasteiger partial charge < -0.3 is 10.6 Å². The highest BCUT2D eigenvalue weighted by Crippen LogP contribution is 2.18. The number of hydrogen-bond donors (Lipinski definition) is 1. The Kier molecular flexibility index (Phi) is 4.37. The van der Waals surface area contributed by atoms with Crippen molar-refractivity contribution in [3.05, 3.63) is 65.7 Å². The topological polar surface area (TPSA) is 29.3 Å². The lowest BCUT2D eigenvalue weighted by Crippen LogP contribution is -2.22. The maximum Gasteiger partial charge on any atom is 0.0429 e. The zero-order valence-corrected chi connectivity index (χ0v) is 10.8. The molecule has 2 N–H and O–H groups in total. The van der Waals surface area contributed by atoms with Crippen molar-refractivity contribution < 1.29 is 0 Å². The molecule has 0 bridgehead atoms. The van der Waals surface area contributed by atoms with Crippen LogP contribution in [-0.4, -0.2) is 6.54 Å². The number of anilines is 1. The molecule has 18 heavy (non-hydrogen) atoms. The van der Waals surface area contributed by atoms with Crippen LogP contribution in [-0.2, 0) is 13.1 Å². The second-order valence-electron chi connectivity index (χ2n) is 4.37. The fourth-order valence-corrected chi connectivity index (χ4v) is 2.07. The Hall–Kier alpha value is -1.80. The van der Waals surface area contributed by atoms with Crippen LogP contribution in [0.5, 0.6) is 0 Å². The molecule has 2 aromatic rings. The van der Waals surface area contributed by atoms with Crippen LogP contribution in [0.2, 0.25) is 0 Å². The second kappa shape index (κ2) is 6.22. The Labute approximate surface area is 109 Å². The van der Waals surface area contributed by atoms with Crippen LogP contribution in [0.1, 0.15) is 18.1 Å². The van der Waals surface area contributed by atoms with Gasteiger partial charge in [-0.3, -0.25) is 0 Å². The van der Waals surface area contributed by atoms with E-state index in [9.17, 15) is 0 Å². The first kappa shape index (κ1) is 12.7. The van der Waals surface area contributed by atoms with Crippen molar-refractivity contribution in [1.29, 1.82) is 0 Å². The van der Waals surface area contributed by atoms with Crippen molar-refractivity contribution >= 4 is 5.69 Å². The van der Waals surface area contributed by atoms with Crippen molar-refractivity contribution in [2.24, 2.45) is 5.73 Å². The molecule has 0 amide bonds. The van der Waals surface area contributed by atoms with Gasteiger partial charge in [0.05, 0.1) is 0 Å². The normalized spacial score (nSPS) is 10.3. The molecule has 94 valence electrons. The van der Waals surface area contributed by atoms with Crippen molar-refractivity contribution in [2.75, 3.05) is 11.4 Å². The maximum absolute atomic E-state index is 5.69. The van der Waals surface area contributed by atoms with Gasteiger partial charge in [0.1, 0.15) is 0 Å². The molecule has 0 aliphatic heterocycles. The van der Waals surface area contributed by atoms with E-state index in [0.717, 1.165) is 13.1 Å². The molecule has 2 aromatic carbocycles. The van der Waals surface area contributed by atoms with Gasteiger partial charge in [0.25, 0.3) is 0 Å². The largest absolute Gasteiger partial charge is 0.367 e. The summed E-state index contributed by atoms with van der Waals surface area (Å²) in [5.74, 6) is 0. The first-order chi connectivity index (χ1) is 8.83. The Bertz CT molecular complexity index is 479. The van der Waals surface area contributed by atoms with Gasteiger partial charge in [0.15, 0.2) is 0 Å². The molecular formula is C16H20N2. The van der Waals surface area contributed by atoms with Crippen LogP contribution < -0.4 is 10.6 Å². The molecule has 0 spiro atoms. The van der Waals surface area contributed by atoms with Crippen molar-refractivity contribution in [3.63, 3.8) is 0 Å². The molecule has 0 heterocycles. The SMILES string of the molecule is CCN(Cc1ccccc1)c1cccc(CN)c1. The smallest absolute Gasteiger partial charge is 0.0429 e. The molecule has 0 aliphatic rings. The molecular weight excluding hydrogens is 220 g/mol. The van der Waals surface area contributed by atoms with Crippen LogP contribution in [0.3, 0.4) is 0 Å². The van der Waals surface area contributed by atoms with Gasteiger partial charge in [-0.2, -0.15) is 0 Å². The summed E-state index contributed by atoms with van der Waals surface area (Å²) in [6.45, 7) is 4.70. The number of nitrogens with zero attached hydrogens (tertiary/aromatic N) is 1. The Morgan fingerprint density at radius 1 is 0.944 bits per heavy atom. The summed E-state index contributed by atoms with van der Waals surface area (Å²) in [6.07, 6.45) is 0. The quantitative estimate of drug-likeness (QED) is 0.869. The summed E-state index contributed by atoms with van der Waals surface area (Å²) in [7, 11) is 0. The van der Waals surface area contributed by atoms with Crippen molar-refractivity contribution in [2.45, 2.75) is 20.0 Å². The predicted octanol–water partition coefficient (Wildman–Crippen LogP) is 3.17. The number of hydrogen-bond acceptors (Lipinski definition) is 2. The van der Waals surface area contributed by atoms with Gasteiger partial charge in [-0.05, 0) is 30.2 Å². The van der Waals surface area contributed by atoms with E-state index in [-0.39, 0.29) is 0 Å². The molecule has 0 unspecified atom stereocenters. The van der Waals surface area contributed by atoms with E-state index in [1.165, 1.54) is 16.8 Å². The lowest BCUT2D eigenvalue weighted by molar-refractivity contribution is 0.830.